The van der Waals surface area contributed by atoms with Crippen LogP contribution in [0.15, 0.2) is 18.3 Å². The number of pyridine rings is 1. The molecule has 0 saturated carbocycles. The zero-order valence-corrected chi connectivity index (χ0v) is 12.0. The predicted octanol–water partition coefficient (Wildman–Crippen LogP) is 2.74. The largest absolute Gasteiger partial charge is 0.370 e. The Balaban J connectivity index is 2.03. The summed E-state index contributed by atoms with van der Waals surface area (Å²) in [7, 11) is 0. The molecule has 1 fully saturated rings. The number of hydrogen-bond acceptors (Lipinski definition) is 3. The van der Waals surface area contributed by atoms with Crippen LogP contribution in [-0.2, 0) is 5.88 Å². The highest BCUT2D eigenvalue weighted by atomic mass is 35.5. The molecule has 0 N–H and O–H groups in total. The lowest BCUT2D eigenvalue weighted by molar-refractivity contribution is 0.232. The van der Waals surface area contributed by atoms with Crippen LogP contribution in [0.25, 0.3) is 0 Å². The Morgan fingerprint density at radius 2 is 2.22 bits per heavy atom. The van der Waals surface area contributed by atoms with Gasteiger partial charge in [0.15, 0.2) is 0 Å². The van der Waals surface area contributed by atoms with E-state index in [2.05, 4.69) is 40.8 Å². The molecule has 1 saturated heterocycles. The second kappa shape index (κ2) is 6.39. The number of aromatic nitrogens is 1. The molecule has 0 amide bonds. The molecule has 0 bridgehead atoms. The number of halogens is 1. The van der Waals surface area contributed by atoms with Crippen LogP contribution >= 0.6 is 11.6 Å². The molecule has 18 heavy (non-hydrogen) atoms. The molecule has 4 heteroatoms. The third kappa shape index (κ3) is 2.96. The highest BCUT2D eigenvalue weighted by molar-refractivity contribution is 6.16. The lowest BCUT2D eigenvalue weighted by Crippen LogP contribution is -2.37. The molecular weight excluding hydrogens is 246 g/mol. The molecule has 0 radical (unpaired) electrons. The number of nitrogens with zero attached hydrogens (tertiary/aromatic N) is 3. The zero-order valence-electron chi connectivity index (χ0n) is 11.3. The third-order valence-electron chi connectivity index (χ3n) is 3.79. The maximum atomic E-state index is 5.84. The summed E-state index contributed by atoms with van der Waals surface area (Å²) in [5.74, 6) is 0.487. The fraction of sp³-hybridized carbons (Fsp3) is 0.643. The van der Waals surface area contributed by atoms with Crippen LogP contribution in [0.2, 0.25) is 0 Å². The summed E-state index contributed by atoms with van der Waals surface area (Å²) in [6.07, 6.45) is 3.11. The van der Waals surface area contributed by atoms with Crippen molar-refractivity contribution in [3.05, 3.63) is 24.0 Å². The SMILES string of the molecule is CCN(CC)C1CCN(c2ccnc(CCl)c2)C1. The molecule has 0 aliphatic carbocycles. The van der Waals surface area contributed by atoms with E-state index in [9.17, 15) is 0 Å². The molecule has 1 aromatic rings. The molecule has 1 aromatic heterocycles. The van der Waals surface area contributed by atoms with Crippen molar-refractivity contribution in [3.63, 3.8) is 0 Å². The maximum absolute atomic E-state index is 5.84. The fourth-order valence-electron chi connectivity index (χ4n) is 2.75. The number of anilines is 1. The minimum Gasteiger partial charge on any atom is -0.370 e. The Bertz CT molecular complexity index is 379. The first kappa shape index (κ1) is 13.6. The van der Waals surface area contributed by atoms with Crippen LogP contribution < -0.4 is 4.90 Å². The standard InChI is InChI=1S/C14H22ClN3/c1-3-17(4-2)14-6-8-18(11-14)13-5-7-16-12(9-13)10-15/h5,7,9,14H,3-4,6,8,10-11H2,1-2H3. The van der Waals surface area contributed by atoms with Crippen LogP contribution in [0, 0.1) is 0 Å². The molecule has 1 aliphatic rings. The summed E-state index contributed by atoms with van der Waals surface area (Å²) >= 11 is 5.84. The number of alkyl halides is 1. The van der Waals surface area contributed by atoms with Gasteiger partial charge in [0.05, 0.1) is 11.6 Å². The van der Waals surface area contributed by atoms with Crippen LogP contribution in [0.4, 0.5) is 5.69 Å². The van der Waals surface area contributed by atoms with Gasteiger partial charge in [-0.2, -0.15) is 0 Å². The van der Waals surface area contributed by atoms with Crippen molar-refractivity contribution in [3.8, 4) is 0 Å². The Labute approximate surface area is 115 Å². The van der Waals surface area contributed by atoms with Gasteiger partial charge in [0.2, 0.25) is 0 Å². The summed E-state index contributed by atoms with van der Waals surface area (Å²) in [5, 5.41) is 0. The van der Waals surface area contributed by atoms with E-state index in [0.717, 1.165) is 31.9 Å². The smallest absolute Gasteiger partial charge is 0.0648 e. The highest BCUT2D eigenvalue weighted by Crippen LogP contribution is 2.23. The Morgan fingerprint density at radius 1 is 1.44 bits per heavy atom. The highest BCUT2D eigenvalue weighted by Gasteiger charge is 2.26. The molecule has 2 heterocycles. The summed E-state index contributed by atoms with van der Waals surface area (Å²) in [6.45, 7) is 9.01. The minimum absolute atomic E-state index is 0.487. The van der Waals surface area contributed by atoms with Crippen LogP contribution in [0.3, 0.4) is 0 Å². The topological polar surface area (TPSA) is 19.4 Å². The molecule has 100 valence electrons. The van der Waals surface area contributed by atoms with E-state index < -0.39 is 0 Å². The normalized spacial score (nSPS) is 19.8. The van der Waals surface area contributed by atoms with E-state index in [1.165, 1.54) is 12.1 Å². The summed E-state index contributed by atoms with van der Waals surface area (Å²) in [4.78, 5) is 9.24. The second-order valence-electron chi connectivity index (χ2n) is 4.75. The fourth-order valence-corrected chi connectivity index (χ4v) is 2.90. The van der Waals surface area contributed by atoms with Crippen molar-refractivity contribution in [1.82, 2.24) is 9.88 Å². The number of rotatable bonds is 5. The Kier molecular flexibility index (Phi) is 4.84. The van der Waals surface area contributed by atoms with E-state index in [4.69, 9.17) is 11.6 Å². The lowest BCUT2D eigenvalue weighted by Gasteiger charge is -2.26. The van der Waals surface area contributed by atoms with Gasteiger partial charge in [-0.3, -0.25) is 9.88 Å². The molecular formula is C14H22ClN3. The van der Waals surface area contributed by atoms with E-state index in [0.29, 0.717) is 11.9 Å². The lowest BCUT2D eigenvalue weighted by atomic mass is 10.2. The Morgan fingerprint density at radius 3 is 2.89 bits per heavy atom. The van der Waals surface area contributed by atoms with E-state index in [1.807, 2.05) is 6.20 Å². The summed E-state index contributed by atoms with van der Waals surface area (Å²) in [5.41, 5.74) is 2.22. The summed E-state index contributed by atoms with van der Waals surface area (Å²) < 4.78 is 0. The van der Waals surface area contributed by atoms with Gasteiger partial charge in [0.25, 0.3) is 0 Å². The monoisotopic (exact) mass is 267 g/mol. The number of hydrogen-bond donors (Lipinski definition) is 0. The van der Waals surface area contributed by atoms with E-state index in [-0.39, 0.29) is 0 Å². The van der Waals surface area contributed by atoms with Crippen LogP contribution in [0.5, 0.6) is 0 Å². The molecule has 0 spiro atoms. The van der Waals surface area contributed by atoms with Crippen molar-refractivity contribution < 1.29 is 0 Å². The van der Waals surface area contributed by atoms with Gasteiger partial charge in [0.1, 0.15) is 0 Å². The average molecular weight is 268 g/mol. The first-order valence-electron chi connectivity index (χ1n) is 6.78. The second-order valence-corrected chi connectivity index (χ2v) is 5.02. The molecule has 1 aliphatic heterocycles. The van der Waals surface area contributed by atoms with Crippen LogP contribution in [-0.4, -0.2) is 42.1 Å². The van der Waals surface area contributed by atoms with Gasteiger partial charge in [-0.1, -0.05) is 13.8 Å². The molecule has 1 unspecified atom stereocenters. The van der Waals surface area contributed by atoms with Gasteiger partial charge in [-0.05, 0) is 31.6 Å². The van der Waals surface area contributed by atoms with Crippen LogP contribution in [0.1, 0.15) is 26.0 Å². The number of likely N-dealkylation sites (N-methyl/N-ethyl adjacent to an activating group) is 1. The average Bonchev–Trinajstić information content (AvgIpc) is 2.90. The van der Waals surface area contributed by atoms with Gasteiger partial charge in [0, 0.05) is 31.0 Å². The maximum Gasteiger partial charge on any atom is 0.0648 e. The minimum atomic E-state index is 0.487. The summed E-state index contributed by atoms with van der Waals surface area (Å²) in [6, 6.07) is 4.88. The van der Waals surface area contributed by atoms with Gasteiger partial charge < -0.3 is 4.90 Å². The van der Waals surface area contributed by atoms with Gasteiger partial charge in [-0.25, -0.2) is 0 Å². The van der Waals surface area contributed by atoms with Gasteiger partial charge >= 0.3 is 0 Å². The van der Waals surface area contributed by atoms with Crippen molar-refractivity contribution >= 4 is 17.3 Å². The molecule has 0 aromatic carbocycles. The first-order valence-corrected chi connectivity index (χ1v) is 7.31. The quantitative estimate of drug-likeness (QED) is 0.765. The van der Waals surface area contributed by atoms with E-state index in [1.54, 1.807) is 0 Å². The predicted molar refractivity (Wildman–Crippen MR) is 77.3 cm³/mol. The Hall–Kier alpha value is -0.800. The first-order chi connectivity index (χ1) is 8.78. The molecule has 3 nitrogen and oxygen atoms in total. The molecule has 2 rings (SSSR count). The van der Waals surface area contributed by atoms with Crippen molar-refractivity contribution in [2.45, 2.75) is 32.2 Å². The van der Waals surface area contributed by atoms with E-state index >= 15 is 0 Å². The third-order valence-corrected chi connectivity index (χ3v) is 4.07. The zero-order chi connectivity index (χ0) is 13.0. The van der Waals surface area contributed by atoms with Crippen molar-refractivity contribution in [2.75, 3.05) is 31.1 Å². The molecule has 1 atom stereocenters. The van der Waals surface area contributed by atoms with Crippen molar-refractivity contribution in [1.29, 1.82) is 0 Å². The van der Waals surface area contributed by atoms with Crippen molar-refractivity contribution in [2.24, 2.45) is 0 Å². The van der Waals surface area contributed by atoms with Gasteiger partial charge in [-0.15, -0.1) is 11.6 Å².